The fraction of sp³-hybridized carbons (Fsp3) is 0.371. The van der Waals surface area contributed by atoms with Crippen LogP contribution in [-0.4, -0.2) is 62.6 Å². The number of likely N-dealkylation sites (tertiary alicyclic amines) is 1. The average molecular weight is 585 g/mol. The van der Waals surface area contributed by atoms with E-state index < -0.39 is 23.5 Å². The molecular weight excluding hydrogens is 544 g/mol. The molecule has 2 aliphatic heterocycles. The van der Waals surface area contributed by atoms with Crippen molar-refractivity contribution in [3.63, 3.8) is 0 Å². The fourth-order valence-corrected chi connectivity index (χ4v) is 5.66. The predicted octanol–water partition coefficient (Wildman–Crippen LogP) is 3.50. The molecule has 2 aliphatic rings. The Morgan fingerprint density at radius 1 is 0.977 bits per heavy atom. The number of ether oxygens (including phenoxy) is 3. The molecule has 1 atom stereocenters. The van der Waals surface area contributed by atoms with Crippen molar-refractivity contribution in [1.82, 2.24) is 4.90 Å². The molecule has 0 bridgehead atoms. The molecule has 2 heterocycles. The highest BCUT2D eigenvalue weighted by molar-refractivity contribution is 6.46. The highest BCUT2D eigenvalue weighted by Gasteiger charge is 2.44. The molecule has 43 heavy (non-hydrogen) atoms. The van der Waals surface area contributed by atoms with Crippen molar-refractivity contribution in [3.8, 4) is 17.2 Å². The second-order valence-electron chi connectivity index (χ2n) is 11.1. The van der Waals surface area contributed by atoms with Crippen molar-refractivity contribution in [2.24, 2.45) is 0 Å². The molecule has 2 fully saturated rings. The van der Waals surface area contributed by atoms with Crippen molar-refractivity contribution in [1.29, 1.82) is 0 Å². The fourth-order valence-electron chi connectivity index (χ4n) is 5.66. The number of carbonyl (C=O) groups is 2. The molecule has 0 radical (unpaired) electrons. The van der Waals surface area contributed by atoms with Gasteiger partial charge in [0.1, 0.15) is 30.3 Å². The lowest BCUT2D eigenvalue weighted by molar-refractivity contribution is -0.908. The number of amides is 1. The smallest absolute Gasteiger partial charge is 0.295 e. The summed E-state index contributed by atoms with van der Waals surface area (Å²) < 4.78 is 17.4. The Balaban J connectivity index is 1.48. The van der Waals surface area contributed by atoms with Gasteiger partial charge < -0.3 is 29.1 Å². The van der Waals surface area contributed by atoms with E-state index in [2.05, 4.69) is 6.92 Å². The lowest BCUT2D eigenvalue weighted by atomic mass is 9.94. The minimum Gasteiger partial charge on any atom is -0.872 e. The molecule has 1 unspecified atom stereocenters. The lowest BCUT2D eigenvalue weighted by Crippen LogP contribution is -3.14. The van der Waals surface area contributed by atoms with Crippen molar-refractivity contribution >= 4 is 17.4 Å². The van der Waals surface area contributed by atoms with Crippen LogP contribution < -0.4 is 19.5 Å². The van der Waals surface area contributed by atoms with Gasteiger partial charge in [-0.1, -0.05) is 55.5 Å². The number of unbranched alkanes of at least 4 members (excludes halogenated alkanes) is 1. The maximum absolute atomic E-state index is 14.0. The van der Waals surface area contributed by atoms with Gasteiger partial charge in [0.25, 0.3) is 5.91 Å². The van der Waals surface area contributed by atoms with E-state index in [4.69, 9.17) is 14.2 Å². The number of hydrogen-bond acceptors (Lipinski definition) is 6. The van der Waals surface area contributed by atoms with Gasteiger partial charge >= 0.3 is 0 Å². The molecule has 0 saturated carbocycles. The summed E-state index contributed by atoms with van der Waals surface area (Å²) in [6.07, 6.45) is 2.66. The third-order valence-corrected chi connectivity index (χ3v) is 8.00. The zero-order valence-corrected chi connectivity index (χ0v) is 25.0. The molecule has 2 saturated heterocycles. The van der Waals surface area contributed by atoms with Gasteiger partial charge in [-0.2, -0.15) is 0 Å². The number of para-hydroxylation sites is 1. The topological polar surface area (TPSA) is 92.6 Å². The minimum atomic E-state index is -0.813. The molecule has 5 rings (SSSR count). The average Bonchev–Trinajstić information content (AvgIpc) is 3.28. The molecular formula is C35H40N2O6. The maximum Gasteiger partial charge on any atom is 0.295 e. The molecule has 8 nitrogen and oxygen atoms in total. The first-order valence-electron chi connectivity index (χ1n) is 15.2. The van der Waals surface area contributed by atoms with E-state index >= 15 is 0 Å². The van der Waals surface area contributed by atoms with Crippen LogP contribution in [0.4, 0.5) is 0 Å². The Morgan fingerprint density at radius 3 is 2.49 bits per heavy atom. The zero-order chi connectivity index (χ0) is 30.2. The summed E-state index contributed by atoms with van der Waals surface area (Å²) >= 11 is 0. The van der Waals surface area contributed by atoms with Crippen LogP contribution in [0.25, 0.3) is 5.76 Å². The second kappa shape index (κ2) is 14.4. The number of ketones is 1. The normalized spacial score (nSPS) is 18.7. The first-order chi connectivity index (χ1) is 21.0. The maximum atomic E-state index is 14.0. The number of nitrogens with one attached hydrogen (secondary N) is 1. The van der Waals surface area contributed by atoms with Crippen molar-refractivity contribution in [2.75, 3.05) is 46.0 Å². The van der Waals surface area contributed by atoms with Crippen LogP contribution in [0.5, 0.6) is 17.2 Å². The van der Waals surface area contributed by atoms with Crippen LogP contribution in [0.1, 0.15) is 48.9 Å². The van der Waals surface area contributed by atoms with Crippen molar-refractivity contribution in [2.45, 2.75) is 39.2 Å². The number of benzene rings is 3. The molecule has 0 spiro atoms. The third-order valence-electron chi connectivity index (χ3n) is 8.00. The number of quaternary nitrogens is 1. The number of hydrogen-bond donors (Lipinski definition) is 1. The molecule has 0 aliphatic carbocycles. The third kappa shape index (κ3) is 7.27. The van der Waals surface area contributed by atoms with E-state index in [1.54, 1.807) is 23.1 Å². The summed E-state index contributed by atoms with van der Waals surface area (Å²) in [7, 11) is 0. The van der Waals surface area contributed by atoms with Gasteiger partial charge in [-0.15, -0.1) is 0 Å². The molecule has 8 heteroatoms. The van der Waals surface area contributed by atoms with E-state index in [9.17, 15) is 14.7 Å². The Kier molecular flexibility index (Phi) is 10.1. The van der Waals surface area contributed by atoms with Crippen molar-refractivity contribution in [3.05, 3.63) is 95.1 Å². The van der Waals surface area contributed by atoms with E-state index in [0.29, 0.717) is 47.9 Å². The molecule has 1 amide bonds. The molecule has 0 aromatic heterocycles. The predicted molar refractivity (Wildman–Crippen MR) is 162 cm³/mol. The van der Waals surface area contributed by atoms with Gasteiger partial charge in [-0.25, -0.2) is 0 Å². The van der Waals surface area contributed by atoms with E-state index in [1.165, 1.54) is 4.90 Å². The van der Waals surface area contributed by atoms with E-state index in [1.807, 2.05) is 61.5 Å². The summed E-state index contributed by atoms with van der Waals surface area (Å²) in [5, 5.41) is 14.0. The molecule has 226 valence electrons. The second-order valence-corrected chi connectivity index (χ2v) is 11.1. The Bertz CT molecular complexity index is 1450. The summed E-state index contributed by atoms with van der Waals surface area (Å²) in [5.74, 6) is 0.102. The summed E-state index contributed by atoms with van der Waals surface area (Å²) in [5.41, 5.74) is 1.79. The number of Topliss-reactive ketones (excluding diaryl/α,β-unsaturated/α-hetero) is 1. The van der Waals surface area contributed by atoms with Gasteiger partial charge in [-0.05, 0) is 66.4 Å². The summed E-state index contributed by atoms with van der Waals surface area (Å²) in [6.45, 7) is 9.08. The van der Waals surface area contributed by atoms with Gasteiger partial charge in [0, 0.05) is 18.5 Å². The van der Waals surface area contributed by atoms with Crippen molar-refractivity contribution < 1.29 is 33.8 Å². The van der Waals surface area contributed by atoms with E-state index in [0.717, 1.165) is 51.3 Å². The highest BCUT2D eigenvalue weighted by Crippen LogP contribution is 2.40. The van der Waals surface area contributed by atoms with Gasteiger partial charge in [0.05, 0.1) is 32.4 Å². The Morgan fingerprint density at radius 2 is 1.74 bits per heavy atom. The number of morpholine rings is 1. The Hall–Kier alpha value is -4.14. The van der Waals surface area contributed by atoms with Crippen LogP contribution in [0.2, 0.25) is 0 Å². The monoisotopic (exact) mass is 584 g/mol. The zero-order valence-electron chi connectivity index (χ0n) is 25.0. The first kappa shape index (κ1) is 30.3. The minimum absolute atomic E-state index is 0.0281. The Labute approximate surface area is 253 Å². The number of nitrogens with zero attached hydrogens (tertiary/aromatic N) is 1. The van der Waals surface area contributed by atoms with Gasteiger partial charge in [0.2, 0.25) is 5.78 Å². The lowest BCUT2D eigenvalue weighted by Gasteiger charge is -2.29. The molecule has 1 N–H and O–H groups in total. The number of rotatable bonds is 12. The van der Waals surface area contributed by atoms with E-state index in [-0.39, 0.29) is 5.57 Å². The molecule has 3 aromatic carbocycles. The molecule has 3 aromatic rings. The summed E-state index contributed by atoms with van der Waals surface area (Å²) in [4.78, 5) is 30.0. The quantitative estimate of drug-likeness (QED) is 0.152. The highest BCUT2D eigenvalue weighted by atomic mass is 16.5. The van der Waals surface area contributed by atoms with Crippen LogP contribution in [0, 0.1) is 6.92 Å². The van der Waals surface area contributed by atoms with Crippen LogP contribution in [0.15, 0.2) is 78.4 Å². The van der Waals surface area contributed by atoms with Crippen LogP contribution in [-0.2, 0) is 14.3 Å². The van der Waals surface area contributed by atoms with Crippen LogP contribution >= 0.6 is 0 Å². The van der Waals surface area contributed by atoms with Gasteiger partial charge in [-0.3, -0.25) is 9.59 Å². The van der Waals surface area contributed by atoms with Gasteiger partial charge in [0.15, 0.2) is 0 Å². The number of aryl methyl sites for hydroxylation is 1. The summed E-state index contributed by atoms with van der Waals surface area (Å²) in [6, 6.07) is 21.1. The first-order valence-corrected chi connectivity index (χ1v) is 15.2. The van der Waals surface area contributed by atoms with Crippen LogP contribution in [0.3, 0.4) is 0 Å². The largest absolute Gasteiger partial charge is 0.872 e. The SMILES string of the molecule is CCCCOc1ccc(C([O-])=C2C(=O)C(=O)N(CCC[NH+]3CCOCC3)C2c2cccc(Oc3ccccc3)c2)cc1C. The number of carbonyl (C=O) groups excluding carboxylic acids is 2. The standard InChI is InChI=1S/C35H40N2O6/c1-3-4-20-42-30-15-14-27(23-25(30)2)33(38)31-32(26-10-8-13-29(24-26)43-28-11-6-5-7-12-28)37(35(40)34(31)39)17-9-16-36-18-21-41-22-19-36/h5-8,10-15,23-24,32,38H,3-4,9,16-22H2,1-2H3.